The fraction of sp³-hybridized carbons (Fsp3) is 0.286. The summed E-state index contributed by atoms with van der Waals surface area (Å²) in [6.45, 7) is 2.43. The molecule has 0 N–H and O–H groups in total. The van der Waals surface area contributed by atoms with Gasteiger partial charge in [-0.3, -0.25) is 4.79 Å². The van der Waals surface area contributed by atoms with Crippen LogP contribution in [-0.4, -0.2) is 36.8 Å². The monoisotopic (exact) mass is 413 g/mol. The first-order chi connectivity index (χ1) is 14.0. The molecule has 1 aliphatic heterocycles. The van der Waals surface area contributed by atoms with Crippen LogP contribution >= 0.6 is 11.6 Å². The van der Waals surface area contributed by atoms with E-state index in [1.54, 1.807) is 31.3 Å². The number of hydrogen-bond donors (Lipinski definition) is 0. The highest BCUT2D eigenvalue weighted by Crippen LogP contribution is 2.35. The lowest BCUT2D eigenvalue weighted by atomic mass is 10.1. The zero-order valence-corrected chi connectivity index (χ0v) is 17.1. The van der Waals surface area contributed by atoms with Gasteiger partial charge in [0.05, 0.1) is 14.2 Å². The van der Waals surface area contributed by atoms with Crippen molar-refractivity contribution >= 4 is 23.2 Å². The van der Waals surface area contributed by atoms with Crippen molar-refractivity contribution in [2.75, 3.05) is 25.7 Å². The number of ether oxygens (including phenoxy) is 2. The first kappa shape index (κ1) is 19.3. The van der Waals surface area contributed by atoms with Crippen molar-refractivity contribution < 1.29 is 18.8 Å². The molecule has 1 unspecified atom stereocenters. The summed E-state index contributed by atoms with van der Waals surface area (Å²) in [6, 6.07) is 10.9. The maximum absolute atomic E-state index is 12.6. The van der Waals surface area contributed by atoms with Gasteiger partial charge in [0.25, 0.3) is 5.89 Å². The Balaban J connectivity index is 1.58. The van der Waals surface area contributed by atoms with Gasteiger partial charge in [-0.05, 0) is 42.8 Å². The Morgan fingerprint density at radius 3 is 2.69 bits per heavy atom. The van der Waals surface area contributed by atoms with Gasteiger partial charge in [0.1, 0.15) is 0 Å². The molecule has 1 fully saturated rings. The molecule has 150 valence electrons. The summed E-state index contributed by atoms with van der Waals surface area (Å²) in [5, 5.41) is 4.71. The standard InChI is InChI=1S/C21H20ClN3O4/c1-12-4-6-15(22)10-16(12)25-11-14(9-19(25)26)20-23-21(29-24-20)13-5-7-17(27-2)18(8-13)28-3/h4-8,10,14H,9,11H2,1-3H3. The van der Waals surface area contributed by atoms with Crippen LogP contribution in [-0.2, 0) is 4.79 Å². The van der Waals surface area contributed by atoms with Crippen molar-refractivity contribution in [3.8, 4) is 23.0 Å². The van der Waals surface area contributed by atoms with Gasteiger partial charge < -0.3 is 18.9 Å². The molecule has 1 atom stereocenters. The Bertz CT molecular complexity index is 1070. The molecule has 7 nitrogen and oxygen atoms in total. The summed E-state index contributed by atoms with van der Waals surface area (Å²) in [4.78, 5) is 18.9. The fourth-order valence-electron chi connectivity index (χ4n) is 3.47. The number of carbonyl (C=O) groups excluding carboxylic acids is 1. The average molecular weight is 414 g/mol. The average Bonchev–Trinajstić information content (AvgIpc) is 3.36. The van der Waals surface area contributed by atoms with Gasteiger partial charge in [0.2, 0.25) is 5.91 Å². The molecule has 8 heteroatoms. The topological polar surface area (TPSA) is 77.7 Å². The lowest BCUT2D eigenvalue weighted by molar-refractivity contribution is -0.117. The molecule has 3 aromatic rings. The highest BCUT2D eigenvalue weighted by molar-refractivity contribution is 6.31. The van der Waals surface area contributed by atoms with Gasteiger partial charge >= 0.3 is 0 Å². The van der Waals surface area contributed by atoms with Crippen molar-refractivity contribution in [2.24, 2.45) is 0 Å². The largest absolute Gasteiger partial charge is 0.493 e. The quantitative estimate of drug-likeness (QED) is 0.622. The Labute approximate surface area is 173 Å². The van der Waals surface area contributed by atoms with E-state index in [0.717, 1.165) is 11.3 Å². The predicted octanol–water partition coefficient (Wildman–Crippen LogP) is 4.24. The number of halogens is 1. The number of aryl methyl sites for hydroxylation is 1. The van der Waals surface area contributed by atoms with Gasteiger partial charge in [0.15, 0.2) is 17.3 Å². The van der Waals surface area contributed by atoms with E-state index in [1.807, 2.05) is 31.2 Å². The smallest absolute Gasteiger partial charge is 0.258 e. The van der Waals surface area contributed by atoms with Gasteiger partial charge in [-0.2, -0.15) is 4.98 Å². The summed E-state index contributed by atoms with van der Waals surface area (Å²) in [6.07, 6.45) is 0.316. The van der Waals surface area contributed by atoms with Gasteiger partial charge in [-0.25, -0.2) is 0 Å². The maximum atomic E-state index is 12.6. The Morgan fingerprint density at radius 2 is 1.93 bits per heavy atom. The molecule has 1 aliphatic rings. The summed E-state index contributed by atoms with van der Waals surface area (Å²) in [5.41, 5.74) is 2.52. The number of anilines is 1. The molecule has 4 rings (SSSR count). The van der Waals surface area contributed by atoms with Crippen LogP contribution in [0.25, 0.3) is 11.5 Å². The van der Waals surface area contributed by atoms with Crippen LogP contribution in [0.3, 0.4) is 0 Å². The van der Waals surface area contributed by atoms with Crippen molar-refractivity contribution in [1.29, 1.82) is 0 Å². The minimum atomic E-state index is -0.154. The second-order valence-corrected chi connectivity index (χ2v) is 7.30. The second kappa shape index (κ2) is 7.75. The molecule has 1 saturated heterocycles. The number of aromatic nitrogens is 2. The molecule has 1 amide bonds. The van der Waals surface area contributed by atoms with Crippen molar-refractivity contribution in [3.63, 3.8) is 0 Å². The number of hydrogen-bond acceptors (Lipinski definition) is 6. The SMILES string of the molecule is COc1ccc(-c2nc(C3CC(=O)N(c4cc(Cl)ccc4C)C3)no2)cc1OC. The van der Waals surface area contributed by atoms with E-state index in [1.165, 1.54) is 0 Å². The van der Waals surface area contributed by atoms with Gasteiger partial charge in [-0.15, -0.1) is 0 Å². The molecular formula is C21H20ClN3O4. The molecule has 0 aliphatic carbocycles. The summed E-state index contributed by atoms with van der Waals surface area (Å²) < 4.78 is 16.0. The molecule has 0 radical (unpaired) electrons. The highest BCUT2D eigenvalue weighted by atomic mass is 35.5. The summed E-state index contributed by atoms with van der Waals surface area (Å²) in [5.74, 6) is 1.92. The van der Waals surface area contributed by atoms with Gasteiger partial charge in [0, 0.05) is 35.2 Å². The van der Waals surface area contributed by atoms with E-state index in [2.05, 4.69) is 10.1 Å². The first-order valence-electron chi connectivity index (χ1n) is 9.12. The molecular weight excluding hydrogens is 394 g/mol. The summed E-state index contributed by atoms with van der Waals surface area (Å²) >= 11 is 6.12. The third-order valence-electron chi connectivity index (χ3n) is 5.02. The molecule has 0 saturated carbocycles. The highest BCUT2D eigenvalue weighted by Gasteiger charge is 2.35. The normalized spacial score (nSPS) is 16.3. The number of amides is 1. The summed E-state index contributed by atoms with van der Waals surface area (Å²) in [7, 11) is 3.14. The van der Waals surface area contributed by atoms with Crippen LogP contribution < -0.4 is 14.4 Å². The molecule has 2 heterocycles. The zero-order chi connectivity index (χ0) is 20.5. The van der Waals surface area contributed by atoms with Crippen LogP contribution in [0.5, 0.6) is 11.5 Å². The Kier molecular flexibility index (Phi) is 5.15. The molecule has 0 spiro atoms. The third kappa shape index (κ3) is 3.65. The first-order valence-corrected chi connectivity index (χ1v) is 9.50. The fourth-order valence-corrected chi connectivity index (χ4v) is 3.64. The van der Waals surface area contributed by atoms with Crippen LogP contribution in [0.4, 0.5) is 5.69 Å². The number of rotatable bonds is 5. The zero-order valence-electron chi connectivity index (χ0n) is 16.3. The Hall–Kier alpha value is -3.06. The minimum Gasteiger partial charge on any atom is -0.493 e. The molecule has 29 heavy (non-hydrogen) atoms. The van der Waals surface area contributed by atoms with Gasteiger partial charge in [-0.1, -0.05) is 22.8 Å². The third-order valence-corrected chi connectivity index (χ3v) is 5.26. The van der Waals surface area contributed by atoms with Crippen molar-refractivity contribution in [1.82, 2.24) is 10.1 Å². The van der Waals surface area contributed by atoms with E-state index >= 15 is 0 Å². The van der Waals surface area contributed by atoms with E-state index in [4.69, 9.17) is 25.6 Å². The van der Waals surface area contributed by atoms with Crippen molar-refractivity contribution in [2.45, 2.75) is 19.3 Å². The predicted molar refractivity (Wildman–Crippen MR) is 109 cm³/mol. The molecule has 0 bridgehead atoms. The van der Waals surface area contributed by atoms with Crippen LogP contribution in [0.1, 0.15) is 23.7 Å². The lowest BCUT2D eigenvalue weighted by Gasteiger charge is -2.19. The molecule has 2 aromatic carbocycles. The lowest BCUT2D eigenvalue weighted by Crippen LogP contribution is -2.25. The maximum Gasteiger partial charge on any atom is 0.258 e. The second-order valence-electron chi connectivity index (χ2n) is 6.86. The van der Waals surface area contributed by atoms with Crippen molar-refractivity contribution in [3.05, 3.63) is 52.8 Å². The Morgan fingerprint density at radius 1 is 1.14 bits per heavy atom. The van der Waals surface area contributed by atoms with Crippen LogP contribution in [0.15, 0.2) is 40.9 Å². The van der Waals surface area contributed by atoms with E-state index < -0.39 is 0 Å². The van der Waals surface area contributed by atoms with E-state index in [0.29, 0.717) is 46.8 Å². The molecule has 1 aromatic heterocycles. The van der Waals surface area contributed by atoms with Crippen LogP contribution in [0, 0.1) is 6.92 Å². The minimum absolute atomic E-state index is 0.0119. The number of carbonyl (C=O) groups is 1. The number of nitrogens with zero attached hydrogens (tertiary/aromatic N) is 3. The number of methoxy groups -OCH3 is 2. The van der Waals surface area contributed by atoms with Crippen LogP contribution in [0.2, 0.25) is 5.02 Å². The van der Waals surface area contributed by atoms with E-state index in [-0.39, 0.29) is 11.8 Å². The number of benzene rings is 2. The van der Waals surface area contributed by atoms with E-state index in [9.17, 15) is 4.79 Å².